The number of aliphatic imine (C=N–C) groups is 1. The fourth-order valence-corrected chi connectivity index (χ4v) is 8.59. The molecule has 4 aliphatic carbocycles. The third-order valence-corrected chi connectivity index (χ3v) is 10.6. The molecule has 0 bridgehead atoms. The molecule has 0 aromatic rings. The highest BCUT2D eigenvalue weighted by Gasteiger charge is 2.66. The number of aliphatic hydroxyl groups is 2. The van der Waals surface area contributed by atoms with Gasteiger partial charge in [-0.25, -0.2) is 5.43 Å². The molecule has 1 aliphatic heterocycles. The largest absolute Gasteiger partial charge is 0.393 e. The van der Waals surface area contributed by atoms with Gasteiger partial charge in [0.05, 0.1) is 11.7 Å². The van der Waals surface area contributed by atoms with Crippen LogP contribution in [0.3, 0.4) is 0 Å². The summed E-state index contributed by atoms with van der Waals surface area (Å²) >= 11 is 0. The van der Waals surface area contributed by atoms with Gasteiger partial charge in [0.2, 0.25) is 5.96 Å². The van der Waals surface area contributed by atoms with E-state index in [1.54, 1.807) is 0 Å². The Kier molecular flexibility index (Phi) is 6.09. The highest BCUT2D eigenvalue weighted by atomic mass is 16.3. The molecule has 5 rings (SSSR count). The van der Waals surface area contributed by atoms with Crippen molar-refractivity contribution >= 4 is 5.96 Å². The minimum atomic E-state index is -0.540. The quantitative estimate of drug-likeness (QED) is 0.261. The average Bonchev–Trinajstić information content (AvgIpc) is 3.06. The van der Waals surface area contributed by atoms with Gasteiger partial charge in [-0.3, -0.25) is 10.4 Å². The van der Waals surface area contributed by atoms with E-state index >= 15 is 0 Å². The van der Waals surface area contributed by atoms with Crippen molar-refractivity contribution in [1.82, 2.24) is 16.2 Å². The first kappa shape index (κ1) is 22.7. The molecule has 0 aromatic heterocycles. The summed E-state index contributed by atoms with van der Waals surface area (Å²) in [7, 11) is 0. The summed E-state index contributed by atoms with van der Waals surface area (Å²) in [5.41, 5.74) is 6.15. The number of guanidine groups is 1. The van der Waals surface area contributed by atoms with Crippen LogP contribution in [0, 0.1) is 34.5 Å². The predicted octanol–water partition coefficient (Wildman–Crippen LogP) is 3.12. The van der Waals surface area contributed by atoms with Gasteiger partial charge >= 0.3 is 0 Å². The Labute approximate surface area is 193 Å². The molecule has 180 valence electrons. The zero-order valence-corrected chi connectivity index (χ0v) is 20.1. The first-order valence-corrected chi connectivity index (χ1v) is 13.2. The first-order chi connectivity index (χ1) is 15.4. The van der Waals surface area contributed by atoms with E-state index in [0.717, 1.165) is 77.0 Å². The van der Waals surface area contributed by atoms with Gasteiger partial charge in [0, 0.05) is 25.0 Å². The number of rotatable bonds is 4. The second-order valence-corrected chi connectivity index (χ2v) is 11.9. The Morgan fingerprint density at radius 2 is 1.97 bits per heavy atom. The van der Waals surface area contributed by atoms with Gasteiger partial charge in [-0.05, 0) is 93.3 Å². The van der Waals surface area contributed by atoms with Crippen LogP contribution in [0.1, 0.15) is 78.1 Å². The van der Waals surface area contributed by atoms with E-state index in [9.17, 15) is 10.2 Å². The Morgan fingerprint density at radius 1 is 1.09 bits per heavy atom. The highest BCUT2D eigenvalue weighted by Crippen LogP contribution is 2.69. The van der Waals surface area contributed by atoms with E-state index in [2.05, 4.69) is 47.2 Å². The van der Waals surface area contributed by atoms with Crippen molar-refractivity contribution in [3.05, 3.63) is 12.2 Å². The van der Waals surface area contributed by atoms with Gasteiger partial charge in [0.1, 0.15) is 0 Å². The normalized spacial score (nSPS) is 48.4. The third-order valence-electron chi connectivity index (χ3n) is 10.6. The molecular formula is C26H44N4O2. The Morgan fingerprint density at radius 3 is 2.78 bits per heavy atom. The molecule has 8 atom stereocenters. The maximum Gasteiger partial charge on any atom is 0.205 e. The van der Waals surface area contributed by atoms with Gasteiger partial charge < -0.3 is 15.5 Å². The molecule has 0 spiro atoms. The van der Waals surface area contributed by atoms with Crippen LogP contribution < -0.4 is 16.2 Å². The van der Waals surface area contributed by atoms with E-state index < -0.39 is 5.60 Å². The SMILES string of the molecule is C[C@]12CCC(O)CC1CC[C@@H]1[C@H]2CC[C@]2(C)C(/C=C/CNNC3=NCCCN3)CC[C@@]12O. The molecule has 1 heterocycles. The lowest BCUT2D eigenvalue weighted by Gasteiger charge is -2.63. The number of nitrogens with zero attached hydrogens (tertiary/aromatic N) is 1. The number of hydrogen-bond donors (Lipinski definition) is 5. The molecule has 4 saturated carbocycles. The van der Waals surface area contributed by atoms with Crippen molar-refractivity contribution in [3.8, 4) is 0 Å². The number of fused-ring (bicyclic) bond motifs is 5. The molecule has 0 aromatic carbocycles. The maximum atomic E-state index is 12.2. The molecule has 6 nitrogen and oxygen atoms in total. The lowest BCUT2D eigenvalue weighted by molar-refractivity contribution is -0.207. The molecule has 5 aliphatic rings. The average molecular weight is 445 g/mol. The second-order valence-electron chi connectivity index (χ2n) is 11.9. The van der Waals surface area contributed by atoms with E-state index in [0.29, 0.717) is 29.1 Å². The summed E-state index contributed by atoms with van der Waals surface area (Å²) < 4.78 is 0. The minimum Gasteiger partial charge on any atom is -0.393 e. The highest BCUT2D eigenvalue weighted by molar-refractivity contribution is 5.79. The molecule has 6 heteroatoms. The minimum absolute atomic E-state index is 0.0233. The summed E-state index contributed by atoms with van der Waals surface area (Å²) in [4.78, 5) is 4.42. The number of hydrazine groups is 1. The monoisotopic (exact) mass is 444 g/mol. The van der Waals surface area contributed by atoms with Crippen LogP contribution in [0.15, 0.2) is 17.1 Å². The Balaban J connectivity index is 1.24. The van der Waals surface area contributed by atoms with Crippen LogP contribution >= 0.6 is 0 Å². The van der Waals surface area contributed by atoms with Crippen molar-refractivity contribution in [1.29, 1.82) is 0 Å². The van der Waals surface area contributed by atoms with Crippen molar-refractivity contribution in [3.63, 3.8) is 0 Å². The van der Waals surface area contributed by atoms with Gasteiger partial charge in [0.15, 0.2) is 0 Å². The van der Waals surface area contributed by atoms with Crippen LogP contribution in [0.25, 0.3) is 0 Å². The van der Waals surface area contributed by atoms with E-state index in [-0.39, 0.29) is 11.5 Å². The summed E-state index contributed by atoms with van der Waals surface area (Å²) in [6, 6.07) is 0. The fourth-order valence-electron chi connectivity index (χ4n) is 8.59. The van der Waals surface area contributed by atoms with Gasteiger partial charge in [-0.15, -0.1) is 0 Å². The summed E-state index contributed by atoms with van der Waals surface area (Å²) in [5.74, 6) is 2.96. The van der Waals surface area contributed by atoms with Crippen LogP contribution in [0.2, 0.25) is 0 Å². The summed E-state index contributed by atoms with van der Waals surface area (Å²) in [5, 5.41) is 25.7. The van der Waals surface area contributed by atoms with Crippen LogP contribution in [0.5, 0.6) is 0 Å². The Hall–Kier alpha value is -1.11. The maximum absolute atomic E-state index is 12.2. The molecule has 0 saturated heterocycles. The van der Waals surface area contributed by atoms with Crippen molar-refractivity contribution in [2.75, 3.05) is 19.6 Å². The number of allylic oxidation sites excluding steroid dienone is 1. The van der Waals surface area contributed by atoms with Gasteiger partial charge in [-0.2, -0.15) is 0 Å². The molecule has 0 radical (unpaired) electrons. The van der Waals surface area contributed by atoms with Crippen LogP contribution in [-0.4, -0.2) is 47.5 Å². The number of aliphatic hydroxyl groups excluding tert-OH is 1. The van der Waals surface area contributed by atoms with Gasteiger partial charge in [0.25, 0.3) is 0 Å². The second kappa shape index (κ2) is 8.59. The fraction of sp³-hybridized carbons (Fsp3) is 0.885. The molecule has 32 heavy (non-hydrogen) atoms. The zero-order valence-electron chi connectivity index (χ0n) is 20.1. The molecular weight excluding hydrogens is 400 g/mol. The Bertz CT molecular complexity index is 756. The van der Waals surface area contributed by atoms with E-state index in [1.807, 2.05) is 0 Å². The van der Waals surface area contributed by atoms with E-state index in [4.69, 9.17) is 0 Å². The summed E-state index contributed by atoms with van der Waals surface area (Å²) in [6.07, 6.45) is 15.4. The predicted molar refractivity (Wildman–Crippen MR) is 128 cm³/mol. The smallest absolute Gasteiger partial charge is 0.205 e. The number of hydrogen-bond acceptors (Lipinski definition) is 6. The van der Waals surface area contributed by atoms with Crippen molar-refractivity contribution in [2.24, 2.45) is 39.5 Å². The third kappa shape index (κ3) is 3.61. The van der Waals surface area contributed by atoms with Crippen molar-refractivity contribution < 1.29 is 10.2 Å². The number of nitrogens with one attached hydrogen (secondary N) is 3. The van der Waals surface area contributed by atoms with Gasteiger partial charge in [-0.1, -0.05) is 26.0 Å². The molecule has 3 unspecified atom stereocenters. The lowest BCUT2D eigenvalue weighted by Crippen LogP contribution is -2.62. The summed E-state index contributed by atoms with van der Waals surface area (Å²) in [6.45, 7) is 7.47. The topological polar surface area (TPSA) is 88.9 Å². The first-order valence-electron chi connectivity index (χ1n) is 13.2. The molecule has 4 fully saturated rings. The van der Waals surface area contributed by atoms with Crippen LogP contribution in [-0.2, 0) is 0 Å². The molecule has 0 amide bonds. The van der Waals surface area contributed by atoms with E-state index in [1.165, 1.54) is 12.8 Å². The van der Waals surface area contributed by atoms with Crippen molar-refractivity contribution in [2.45, 2.75) is 89.8 Å². The lowest BCUT2D eigenvalue weighted by atomic mass is 9.43. The zero-order chi connectivity index (χ0) is 22.4. The molecule has 5 N–H and O–H groups in total. The standard InChI is InChI=1S/C26H44N4O2/c1-24-11-9-20(31)17-19(24)6-7-22-21(24)10-12-25(2)18(8-13-26(22,25)32)5-3-16-29-30-23-27-14-4-15-28-23/h3,5,18-22,29,31-32H,4,6-17H2,1-2H3,(H2,27,28,30)/b5-3+/t18?,19?,20?,21-,22-,24+,25-,26-/m1/s1. The van der Waals surface area contributed by atoms with Crippen LogP contribution in [0.4, 0.5) is 0 Å².